The van der Waals surface area contributed by atoms with Gasteiger partial charge in [0.25, 0.3) is 5.91 Å². The number of rotatable bonds is 5. The molecule has 2 fully saturated rings. The highest BCUT2D eigenvalue weighted by Crippen LogP contribution is 2.35. The Labute approximate surface area is 255 Å². The van der Waals surface area contributed by atoms with Crippen molar-refractivity contribution in [1.82, 2.24) is 10.1 Å². The van der Waals surface area contributed by atoms with Gasteiger partial charge in [0.1, 0.15) is 17.2 Å². The zero-order chi connectivity index (χ0) is 31.9. The van der Waals surface area contributed by atoms with E-state index in [9.17, 15) is 23.1 Å². The number of fused-ring (bicyclic) bond motifs is 1. The zero-order valence-electron chi connectivity index (χ0n) is 24.0. The van der Waals surface area contributed by atoms with Crippen LogP contribution in [0.25, 0.3) is 22.1 Å². The van der Waals surface area contributed by atoms with Crippen molar-refractivity contribution in [3.63, 3.8) is 0 Å². The van der Waals surface area contributed by atoms with Gasteiger partial charge in [-0.25, -0.2) is 9.38 Å². The summed E-state index contributed by atoms with van der Waals surface area (Å²) >= 11 is 0. The average molecular weight is 623 g/mol. The number of hydrogen-bond donors (Lipinski definition) is 3. The molecule has 0 unspecified atom stereocenters. The minimum absolute atomic E-state index is 0.0493. The molecule has 3 aromatic carbocycles. The molecule has 1 atom stereocenters. The number of carbonyl (C=O) groups excluding carboxylic acids is 1. The van der Waals surface area contributed by atoms with Crippen molar-refractivity contribution in [2.75, 3.05) is 30.3 Å². The van der Waals surface area contributed by atoms with Gasteiger partial charge in [0, 0.05) is 31.8 Å². The zero-order valence-corrected chi connectivity index (χ0v) is 24.0. The van der Waals surface area contributed by atoms with Crippen molar-refractivity contribution in [3.05, 3.63) is 83.3 Å². The van der Waals surface area contributed by atoms with E-state index in [-0.39, 0.29) is 42.7 Å². The van der Waals surface area contributed by atoms with Crippen LogP contribution in [0.15, 0.2) is 81.4 Å². The van der Waals surface area contributed by atoms with Crippen LogP contribution in [0.4, 0.5) is 34.8 Å². The second-order valence-electron chi connectivity index (χ2n) is 11.2. The summed E-state index contributed by atoms with van der Waals surface area (Å²) in [4.78, 5) is 21.5. The lowest BCUT2D eigenvalue weighted by atomic mass is 9.98. The molecular weight excluding hydrogens is 592 g/mol. The summed E-state index contributed by atoms with van der Waals surface area (Å²) < 4.78 is 62.4. The standard InChI is InChI=1S/C32H30F4N6O3/c33-25-14-18(22-5-2-1-4-19(22)16-41-13-11-21(43)17-41)7-9-26(25)42-12-3-6-23(29(37)32(34,35)36)28(31(42)44)39-20-8-10-27-24(15-20)30(38)40-45-27/h1-2,4-5,7-10,14-15,21,43H,3,6,11-13,16-17,37H2,(H2,38,40)/t21-/m1/s1. The van der Waals surface area contributed by atoms with Crippen molar-refractivity contribution in [1.29, 1.82) is 0 Å². The minimum Gasteiger partial charge on any atom is -0.394 e. The molecule has 0 radical (unpaired) electrons. The maximum Gasteiger partial charge on any atom is 0.431 e. The molecule has 0 saturated carbocycles. The fraction of sp³-hybridized carbons (Fsp3) is 0.281. The summed E-state index contributed by atoms with van der Waals surface area (Å²) in [6.07, 6.45) is -4.72. The Bertz CT molecular complexity index is 1830. The monoisotopic (exact) mass is 622 g/mol. The Balaban J connectivity index is 1.37. The fourth-order valence-electron chi connectivity index (χ4n) is 5.84. The van der Waals surface area contributed by atoms with Gasteiger partial charge in [-0.2, -0.15) is 13.2 Å². The molecule has 0 aliphatic carbocycles. The third-order valence-corrected chi connectivity index (χ3v) is 8.10. The number of anilines is 2. The largest absolute Gasteiger partial charge is 0.431 e. The lowest BCUT2D eigenvalue weighted by Crippen LogP contribution is -2.37. The molecule has 2 aliphatic rings. The van der Waals surface area contributed by atoms with Gasteiger partial charge < -0.3 is 26.0 Å². The number of alkyl halides is 3. The van der Waals surface area contributed by atoms with Crippen LogP contribution in [0.5, 0.6) is 0 Å². The molecule has 0 bridgehead atoms. The highest BCUT2D eigenvalue weighted by Gasteiger charge is 2.39. The first-order valence-electron chi connectivity index (χ1n) is 14.4. The summed E-state index contributed by atoms with van der Waals surface area (Å²) in [6, 6.07) is 16.3. The maximum atomic E-state index is 15.9. The third-order valence-electron chi connectivity index (χ3n) is 8.10. The van der Waals surface area contributed by atoms with Crippen molar-refractivity contribution >= 4 is 39.8 Å². The van der Waals surface area contributed by atoms with E-state index in [2.05, 4.69) is 15.0 Å². The molecule has 4 aromatic rings. The Kier molecular flexibility index (Phi) is 8.06. The molecule has 45 heavy (non-hydrogen) atoms. The van der Waals surface area contributed by atoms with Crippen LogP contribution in [0.3, 0.4) is 0 Å². The van der Waals surface area contributed by atoms with Crippen LogP contribution in [0.2, 0.25) is 0 Å². The smallest absolute Gasteiger partial charge is 0.394 e. The molecule has 5 N–H and O–H groups in total. The van der Waals surface area contributed by atoms with E-state index in [1.54, 1.807) is 6.07 Å². The van der Waals surface area contributed by atoms with Crippen molar-refractivity contribution in [2.45, 2.75) is 38.1 Å². The summed E-state index contributed by atoms with van der Waals surface area (Å²) in [7, 11) is 0. The summed E-state index contributed by atoms with van der Waals surface area (Å²) in [6.45, 7) is 1.81. The van der Waals surface area contributed by atoms with E-state index in [4.69, 9.17) is 16.0 Å². The van der Waals surface area contributed by atoms with E-state index in [1.807, 2.05) is 24.3 Å². The van der Waals surface area contributed by atoms with Crippen molar-refractivity contribution < 1.29 is 32.0 Å². The lowest BCUT2D eigenvalue weighted by molar-refractivity contribution is -0.112. The number of benzene rings is 3. The number of amides is 1. The van der Waals surface area contributed by atoms with E-state index in [0.717, 1.165) is 22.6 Å². The van der Waals surface area contributed by atoms with Gasteiger partial charge in [0.15, 0.2) is 11.4 Å². The molecule has 0 spiro atoms. The molecule has 3 heterocycles. The summed E-state index contributed by atoms with van der Waals surface area (Å²) in [5, 5.41) is 13.9. The average Bonchev–Trinajstić information content (AvgIpc) is 3.55. The van der Waals surface area contributed by atoms with Gasteiger partial charge >= 0.3 is 6.18 Å². The lowest BCUT2D eigenvalue weighted by Gasteiger charge is -2.23. The number of allylic oxidation sites excluding steroid dienone is 1. The third kappa shape index (κ3) is 6.13. The predicted molar refractivity (Wildman–Crippen MR) is 162 cm³/mol. The molecule has 2 aliphatic heterocycles. The van der Waals surface area contributed by atoms with Gasteiger partial charge in [0.2, 0.25) is 0 Å². The molecule has 1 amide bonds. The van der Waals surface area contributed by atoms with Crippen LogP contribution in [-0.4, -0.2) is 58.7 Å². The number of aliphatic imine (C=N–C) groups is 1. The Morgan fingerprint density at radius 1 is 1.11 bits per heavy atom. The van der Waals surface area contributed by atoms with Crippen LogP contribution >= 0.6 is 0 Å². The van der Waals surface area contributed by atoms with Gasteiger partial charge in [-0.05, 0) is 66.3 Å². The summed E-state index contributed by atoms with van der Waals surface area (Å²) in [5.74, 6) is -1.59. The normalized spacial score (nSPS) is 20.3. The molecule has 13 heteroatoms. The molecular formula is C32H30F4N6O3. The van der Waals surface area contributed by atoms with Gasteiger partial charge in [-0.3, -0.25) is 9.69 Å². The first-order valence-corrected chi connectivity index (χ1v) is 14.4. The molecule has 9 nitrogen and oxygen atoms in total. The maximum absolute atomic E-state index is 15.9. The van der Waals surface area contributed by atoms with Crippen LogP contribution in [0, 0.1) is 5.82 Å². The summed E-state index contributed by atoms with van der Waals surface area (Å²) in [5.41, 5.74) is 11.6. The van der Waals surface area contributed by atoms with E-state index in [1.165, 1.54) is 30.3 Å². The number of β-amino-alcohol motifs (C(OH)–C–C–N with tert-alkyl or cyclic N) is 1. The number of nitrogen functional groups attached to an aromatic ring is 1. The fourth-order valence-corrected chi connectivity index (χ4v) is 5.84. The number of hydrogen-bond acceptors (Lipinski definition) is 8. The van der Waals surface area contributed by atoms with Crippen molar-refractivity contribution in [3.8, 4) is 11.1 Å². The second-order valence-corrected chi connectivity index (χ2v) is 11.2. The number of aliphatic hydroxyl groups excluding tert-OH is 1. The number of halogens is 4. The number of aliphatic hydroxyl groups is 1. The van der Waals surface area contributed by atoms with Gasteiger partial charge in [0.05, 0.1) is 22.9 Å². The molecule has 234 valence electrons. The number of nitrogens with two attached hydrogens (primary N) is 2. The topological polar surface area (TPSA) is 134 Å². The van der Waals surface area contributed by atoms with E-state index >= 15 is 4.39 Å². The first kappa shape index (κ1) is 30.3. The quantitative estimate of drug-likeness (QED) is 0.252. The Morgan fingerprint density at radius 3 is 2.64 bits per heavy atom. The van der Waals surface area contributed by atoms with Crippen molar-refractivity contribution in [2.24, 2.45) is 10.7 Å². The highest BCUT2D eigenvalue weighted by molar-refractivity contribution is 6.50. The number of nitrogens with zero attached hydrogens (tertiary/aromatic N) is 4. The first-order chi connectivity index (χ1) is 21.5. The highest BCUT2D eigenvalue weighted by atomic mass is 19.4. The number of carbonyl (C=O) groups is 1. The number of aromatic nitrogens is 1. The van der Waals surface area contributed by atoms with Crippen LogP contribution in [-0.2, 0) is 11.3 Å². The van der Waals surface area contributed by atoms with Gasteiger partial charge in [-0.1, -0.05) is 35.5 Å². The predicted octanol–water partition coefficient (Wildman–Crippen LogP) is 5.46. The Hall–Kier alpha value is -4.75. The van der Waals surface area contributed by atoms with E-state index in [0.29, 0.717) is 36.0 Å². The minimum atomic E-state index is -4.91. The SMILES string of the molecule is NC(=C1CCCN(c2ccc(-c3ccccc3CN3CC[C@@H](O)C3)cc2F)C(=O)C1=Nc1ccc2onc(N)c2c1)C(F)(F)F. The molecule has 1 aromatic heterocycles. The van der Waals surface area contributed by atoms with Gasteiger partial charge in [-0.15, -0.1) is 0 Å². The second kappa shape index (κ2) is 12.0. The van der Waals surface area contributed by atoms with E-state index < -0.39 is 34.9 Å². The van der Waals surface area contributed by atoms with Crippen LogP contribution < -0.4 is 16.4 Å². The number of likely N-dealkylation sites (tertiary alicyclic amines) is 1. The Morgan fingerprint density at radius 2 is 1.91 bits per heavy atom. The molecule has 6 rings (SSSR count). The van der Waals surface area contributed by atoms with Crippen LogP contribution in [0.1, 0.15) is 24.8 Å². The molecule has 2 saturated heterocycles.